The van der Waals surface area contributed by atoms with Gasteiger partial charge in [0.15, 0.2) is 0 Å². The SMILES string of the molecule is Cc1nn(-c2ccc(C#N)c(Cl)c2)c(C)c1-c1ccc(CNC(=O)c2ccc3[nH]ncc3c2)c(F)c1. The Hall–Kier alpha value is -4.48. The second-order valence-electron chi connectivity index (χ2n) is 8.39. The predicted octanol–water partition coefficient (Wildman–Crippen LogP) is 5.63. The number of benzene rings is 3. The second-order valence-corrected chi connectivity index (χ2v) is 8.80. The first-order valence-electron chi connectivity index (χ1n) is 11.1. The van der Waals surface area contributed by atoms with Crippen LogP contribution in [0.2, 0.25) is 5.02 Å². The Labute approximate surface area is 211 Å². The monoisotopic (exact) mass is 498 g/mol. The summed E-state index contributed by atoms with van der Waals surface area (Å²) in [6, 6.07) is 17.3. The fraction of sp³-hybridized carbons (Fsp3) is 0.111. The predicted molar refractivity (Wildman–Crippen MR) is 135 cm³/mol. The minimum Gasteiger partial charge on any atom is -0.348 e. The van der Waals surface area contributed by atoms with Gasteiger partial charge in [-0.15, -0.1) is 0 Å². The van der Waals surface area contributed by atoms with E-state index < -0.39 is 5.82 Å². The number of hydrogen-bond acceptors (Lipinski definition) is 4. The summed E-state index contributed by atoms with van der Waals surface area (Å²) in [6.45, 7) is 3.80. The molecule has 9 heteroatoms. The molecule has 0 bridgehead atoms. The van der Waals surface area contributed by atoms with Crippen molar-refractivity contribution in [3.8, 4) is 22.9 Å². The van der Waals surface area contributed by atoms with Crippen LogP contribution in [0, 0.1) is 31.0 Å². The lowest BCUT2D eigenvalue weighted by atomic mass is 10.0. The quantitative estimate of drug-likeness (QED) is 0.328. The van der Waals surface area contributed by atoms with Gasteiger partial charge in [0.25, 0.3) is 5.91 Å². The van der Waals surface area contributed by atoms with Gasteiger partial charge in [-0.25, -0.2) is 9.07 Å². The maximum absolute atomic E-state index is 15.0. The van der Waals surface area contributed by atoms with E-state index in [2.05, 4.69) is 20.6 Å². The summed E-state index contributed by atoms with van der Waals surface area (Å²) in [5.41, 5.74) is 5.79. The number of H-pyrrole nitrogens is 1. The van der Waals surface area contributed by atoms with Crippen LogP contribution in [0.4, 0.5) is 4.39 Å². The Kier molecular flexibility index (Phi) is 6.00. The molecule has 5 aromatic rings. The molecule has 1 amide bonds. The number of nitrogens with zero attached hydrogens (tertiary/aromatic N) is 4. The number of carbonyl (C=O) groups is 1. The molecule has 0 saturated heterocycles. The smallest absolute Gasteiger partial charge is 0.251 e. The van der Waals surface area contributed by atoms with Crippen LogP contribution < -0.4 is 5.32 Å². The molecule has 5 rings (SSSR count). The van der Waals surface area contributed by atoms with Crippen molar-refractivity contribution in [1.29, 1.82) is 5.26 Å². The Balaban J connectivity index is 1.37. The van der Waals surface area contributed by atoms with Gasteiger partial charge in [-0.2, -0.15) is 15.5 Å². The molecule has 7 nitrogen and oxygen atoms in total. The Morgan fingerprint density at radius 2 is 2.00 bits per heavy atom. The third-order valence-electron chi connectivity index (χ3n) is 6.09. The normalized spacial score (nSPS) is 11.0. The summed E-state index contributed by atoms with van der Waals surface area (Å²) in [5, 5.41) is 24.5. The van der Waals surface area contributed by atoms with Crippen molar-refractivity contribution >= 4 is 28.4 Å². The zero-order valence-electron chi connectivity index (χ0n) is 19.4. The molecular formula is C27H20ClFN6O. The lowest BCUT2D eigenvalue weighted by Crippen LogP contribution is -2.23. The molecule has 2 heterocycles. The molecule has 2 aromatic heterocycles. The van der Waals surface area contributed by atoms with Gasteiger partial charge in [0.2, 0.25) is 0 Å². The number of halogens is 2. The molecule has 0 radical (unpaired) electrons. The summed E-state index contributed by atoms with van der Waals surface area (Å²) < 4.78 is 16.8. The number of nitrogens with one attached hydrogen (secondary N) is 2. The van der Waals surface area contributed by atoms with Crippen molar-refractivity contribution in [2.45, 2.75) is 20.4 Å². The number of amides is 1. The third-order valence-corrected chi connectivity index (χ3v) is 6.41. The molecule has 0 aliphatic rings. The Morgan fingerprint density at radius 1 is 1.17 bits per heavy atom. The zero-order chi connectivity index (χ0) is 25.4. The molecule has 0 saturated carbocycles. The number of nitriles is 1. The first-order chi connectivity index (χ1) is 17.4. The molecular weight excluding hydrogens is 479 g/mol. The molecule has 0 aliphatic carbocycles. The van der Waals surface area contributed by atoms with Gasteiger partial charge in [0.05, 0.1) is 33.7 Å². The van der Waals surface area contributed by atoms with Crippen LogP contribution in [0.15, 0.2) is 60.8 Å². The van der Waals surface area contributed by atoms with Gasteiger partial charge in [-0.1, -0.05) is 23.7 Å². The lowest BCUT2D eigenvalue weighted by molar-refractivity contribution is 0.0950. The van der Waals surface area contributed by atoms with Gasteiger partial charge >= 0.3 is 0 Å². The van der Waals surface area contributed by atoms with Crippen LogP contribution in [-0.2, 0) is 6.54 Å². The van der Waals surface area contributed by atoms with Crippen molar-refractivity contribution in [1.82, 2.24) is 25.3 Å². The van der Waals surface area contributed by atoms with Gasteiger partial charge in [-0.3, -0.25) is 9.89 Å². The van der Waals surface area contributed by atoms with E-state index in [0.29, 0.717) is 33.0 Å². The number of aromatic amines is 1. The highest BCUT2D eigenvalue weighted by atomic mass is 35.5. The standard InChI is InChI=1S/C27H20ClFN6O/c1-15-26(16(2)35(34-15)22-7-5-19(12-30)23(28)11-22)17-3-4-20(24(29)10-17)13-31-27(36)18-6-8-25-21(9-18)14-32-33-25/h3-11,14H,13H2,1-2H3,(H,31,36)(H,32,33). The number of carbonyl (C=O) groups excluding carboxylic acids is 1. The van der Waals surface area contributed by atoms with Crippen molar-refractivity contribution in [3.05, 3.63) is 99.7 Å². The molecule has 0 fully saturated rings. The summed E-state index contributed by atoms with van der Waals surface area (Å²) in [5.74, 6) is -0.721. The maximum Gasteiger partial charge on any atom is 0.251 e. The number of aromatic nitrogens is 4. The summed E-state index contributed by atoms with van der Waals surface area (Å²) in [6.07, 6.45) is 1.65. The van der Waals surface area contributed by atoms with E-state index in [9.17, 15) is 4.79 Å². The van der Waals surface area contributed by atoms with Gasteiger partial charge < -0.3 is 5.32 Å². The second kappa shape index (κ2) is 9.29. The highest BCUT2D eigenvalue weighted by Gasteiger charge is 2.17. The van der Waals surface area contributed by atoms with E-state index in [1.54, 1.807) is 53.3 Å². The highest BCUT2D eigenvalue weighted by Crippen LogP contribution is 2.31. The van der Waals surface area contributed by atoms with Crippen molar-refractivity contribution in [3.63, 3.8) is 0 Å². The van der Waals surface area contributed by atoms with Crippen molar-refractivity contribution in [2.75, 3.05) is 0 Å². The Bertz CT molecular complexity index is 1680. The fourth-order valence-corrected chi connectivity index (χ4v) is 4.46. The molecule has 178 valence electrons. The van der Waals surface area contributed by atoms with E-state index in [1.807, 2.05) is 26.0 Å². The topological polar surface area (TPSA) is 99.4 Å². The van der Waals surface area contributed by atoms with Gasteiger partial charge in [-0.05, 0) is 61.9 Å². The average molecular weight is 499 g/mol. The van der Waals surface area contributed by atoms with Crippen LogP contribution in [0.5, 0.6) is 0 Å². The van der Waals surface area contributed by atoms with Crippen LogP contribution in [0.25, 0.3) is 27.7 Å². The molecule has 0 unspecified atom stereocenters. The van der Waals surface area contributed by atoms with Crippen molar-refractivity contribution < 1.29 is 9.18 Å². The van der Waals surface area contributed by atoms with Crippen LogP contribution in [0.3, 0.4) is 0 Å². The molecule has 0 aliphatic heterocycles. The highest BCUT2D eigenvalue weighted by molar-refractivity contribution is 6.31. The van der Waals surface area contributed by atoms with E-state index >= 15 is 4.39 Å². The zero-order valence-corrected chi connectivity index (χ0v) is 20.2. The van der Waals surface area contributed by atoms with E-state index in [4.69, 9.17) is 16.9 Å². The van der Waals surface area contributed by atoms with E-state index in [0.717, 1.165) is 27.9 Å². The van der Waals surface area contributed by atoms with E-state index in [-0.39, 0.29) is 12.5 Å². The molecule has 36 heavy (non-hydrogen) atoms. The van der Waals surface area contributed by atoms with Crippen LogP contribution in [0.1, 0.15) is 32.9 Å². The molecule has 2 N–H and O–H groups in total. The minimum absolute atomic E-state index is 0.0509. The number of rotatable bonds is 5. The number of hydrogen-bond donors (Lipinski definition) is 2. The van der Waals surface area contributed by atoms with Gasteiger partial charge in [0.1, 0.15) is 11.9 Å². The molecule has 0 spiro atoms. The minimum atomic E-state index is -0.425. The van der Waals surface area contributed by atoms with Crippen molar-refractivity contribution in [2.24, 2.45) is 0 Å². The van der Waals surface area contributed by atoms with E-state index in [1.165, 1.54) is 6.07 Å². The lowest BCUT2D eigenvalue weighted by Gasteiger charge is -2.10. The average Bonchev–Trinajstić information content (AvgIpc) is 3.46. The maximum atomic E-state index is 15.0. The largest absolute Gasteiger partial charge is 0.348 e. The third kappa shape index (κ3) is 4.21. The molecule has 3 aromatic carbocycles. The van der Waals surface area contributed by atoms with Gasteiger partial charge in [0, 0.05) is 34.3 Å². The fourth-order valence-electron chi connectivity index (χ4n) is 4.25. The number of aryl methyl sites for hydroxylation is 1. The van der Waals surface area contributed by atoms with Crippen LogP contribution >= 0.6 is 11.6 Å². The molecule has 0 atom stereocenters. The number of fused-ring (bicyclic) bond motifs is 1. The first kappa shape index (κ1) is 23.3. The Morgan fingerprint density at radius 3 is 2.75 bits per heavy atom. The van der Waals surface area contributed by atoms with Crippen LogP contribution in [-0.4, -0.2) is 25.9 Å². The first-order valence-corrected chi connectivity index (χ1v) is 11.5. The summed E-state index contributed by atoms with van der Waals surface area (Å²) in [7, 11) is 0. The summed E-state index contributed by atoms with van der Waals surface area (Å²) in [4.78, 5) is 12.6. The summed E-state index contributed by atoms with van der Waals surface area (Å²) >= 11 is 6.20.